The second kappa shape index (κ2) is 12.0. The Balaban J connectivity index is 1.75. The van der Waals surface area contributed by atoms with Crippen molar-refractivity contribution in [3.05, 3.63) is 70.8 Å². The molecule has 0 bridgehead atoms. The molecule has 2 rings (SSSR count). The van der Waals surface area contributed by atoms with Crippen molar-refractivity contribution in [2.75, 3.05) is 5.75 Å². The second-order valence-electron chi connectivity index (χ2n) is 6.39. The van der Waals surface area contributed by atoms with E-state index in [0.717, 1.165) is 16.9 Å². The van der Waals surface area contributed by atoms with Gasteiger partial charge >= 0.3 is 0 Å². The van der Waals surface area contributed by atoms with E-state index in [1.54, 1.807) is 6.08 Å². The molecule has 0 amide bonds. The number of unbranched alkanes of at least 4 members (excludes halogenated alkanes) is 5. The molecule has 0 aliphatic heterocycles. The number of thioether (sulfide) groups is 1. The van der Waals surface area contributed by atoms with Crippen LogP contribution < -0.4 is 0 Å². The van der Waals surface area contributed by atoms with Gasteiger partial charge in [0.1, 0.15) is 0 Å². The fourth-order valence-corrected chi connectivity index (χ4v) is 3.67. The van der Waals surface area contributed by atoms with Crippen molar-refractivity contribution in [2.45, 2.75) is 50.3 Å². The SMILES string of the molecule is CCCCCCCCSc1ccc(C(=O)/C=C/c2ccc(Cl)cc2)cc1. The predicted octanol–water partition coefficient (Wildman–Crippen LogP) is 7.69. The molecule has 0 atom stereocenters. The summed E-state index contributed by atoms with van der Waals surface area (Å²) in [5.41, 5.74) is 1.69. The largest absolute Gasteiger partial charge is 0.289 e. The summed E-state index contributed by atoms with van der Waals surface area (Å²) < 4.78 is 0. The molecule has 0 radical (unpaired) electrons. The lowest BCUT2D eigenvalue weighted by Gasteiger charge is -2.03. The molecule has 0 saturated carbocycles. The summed E-state index contributed by atoms with van der Waals surface area (Å²) in [4.78, 5) is 13.5. The molecule has 0 spiro atoms. The molecule has 0 saturated heterocycles. The molecule has 26 heavy (non-hydrogen) atoms. The van der Waals surface area contributed by atoms with Crippen molar-refractivity contribution in [2.24, 2.45) is 0 Å². The van der Waals surface area contributed by atoms with Crippen molar-refractivity contribution in [3.8, 4) is 0 Å². The van der Waals surface area contributed by atoms with Gasteiger partial charge in [-0.2, -0.15) is 0 Å². The second-order valence-corrected chi connectivity index (χ2v) is 7.99. The van der Waals surface area contributed by atoms with Crippen LogP contribution in [0.15, 0.2) is 59.5 Å². The molecule has 0 aliphatic carbocycles. The number of halogens is 1. The van der Waals surface area contributed by atoms with E-state index in [4.69, 9.17) is 11.6 Å². The Morgan fingerprint density at radius 3 is 2.27 bits per heavy atom. The maximum atomic E-state index is 12.3. The summed E-state index contributed by atoms with van der Waals surface area (Å²) in [7, 11) is 0. The number of allylic oxidation sites excluding steroid dienone is 1. The minimum Gasteiger partial charge on any atom is -0.289 e. The highest BCUT2D eigenvalue weighted by Gasteiger charge is 2.02. The monoisotopic (exact) mass is 386 g/mol. The Labute approximate surface area is 166 Å². The summed E-state index contributed by atoms with van der Waals surface area (Å²) in [6.07, 6.45) is 11.4. The lowest BCUT2D eigenvalue weighted by atomic mass is 10.1. The van der Waals surface area contributed by atoms with Gasteiger partial charge in [0.2, 0.25) is 0 Å². The average molecular weight is 387 g/mol. The van der Waals surface area contributed by atoms with Gasteiger partial charge in [-0.1, -0.05) is 68.8 Å². The zero-order valence-electron chi connectivity index (χ0n) is 15.4. The van der Waals surface area contributed by atoms with Gasteiger partial charge in [0.15, 0.2) is 5.78 Å². The topological polar surface area (TPSA) is 17.1 Å². The first-order valence-corrected chi connectivity index (χ1v) is 10.8. The molecule has 1 nitrogen and oxygen atoms in total. The van der Waals surface area contributed by atoms with Crippen LogP contribution in [0.1, 0.15) is 61.4 Å². The Morgan fingerprint density at radius 1 is 0.923 bits per heavy atom. The minimum absolute atomic E-state index is 0.0208. The van der Waals surface area contributed by atoms with Crippen molar-refractivity contribution < 1.29 is 4.79 Å². The molecular formula is C23H27ClOS. The van der Waals surface area contributed by atoms with Crippen LogP contribution >= 0.6 is 23.4 Å². The highest BCUT2D eigenvalue weighted by atomic mass is 35.5. The number of hydrogen-bond donors (Lipinski definition) is 0. The van der Waals surface area contributed by atoms with Crippen molar-refractivity contribution in [1.82, 2.24) is 0 Å². The lowest BCUT2D eigenvalue weighted by Crippen LogP contribution is -1.93. The zero-order chi connectivity index (χ0) is 18.6. The molecule has 0 aromatic heterocycles. The van der Waals surface area contributed by atoms with Gasteiger partial charge in [-0.05, 0) is 60.2 Å². The standard InChI is InChI=1S/C23H27ClOS/c1-2-3-4-5-6-7-18-26-22-15-11-20(12-16-22)23(25)17-10-19-8-13-21(24)14-9-19/h8-17H,2-7,18H2,1H3/b17-10+. The molecule has 0 aliphatic rings. The van der Waals surface area contributed by atoms with Gasteiger partial charge in [0.05, 0.1) is 0 Å². The number of carbonyl (C=O) groups excluding carboxylic acids is 1. The van der Waals surface area contributed by atoms with E-state index < -0.39 is 0 Å². The van der Waals surface area contributed by atoms with Crippen LogP contribution in [0.25, 0.3) is 6.08 Å². The van der Waals surface area contributed by atoms with Crippen LogP contribution in [0.5, 0.6) is 0 Å². The number of rotatable bonds is 11. The summed E-state index contributed by atoms with van der Waals surface area (Å²) >= 11 is 7.74. The van der Waals surface area contributed by atoms with E-state index in [2.05, 4.69) is 6.92 Å². The maximum absolute atomic E-state index is 12.3. The molecule has 3 heteroatoms. The first-order valence-electron chi connectivity index (χ1n) is 9.40. The Kier molecular flexibility index (Phi) is 9.58. The lowest BCUT2D eigenvalue weighted by molar-refractivity contribution is 0.104. The Hall–Kier alpha value is -1.51. The fraction of sp³-hybridized carbons (Fsp3) is 0.348. The summed E-state index contributed by atoms with van der Waals surface area (Å²) in [5, 5.41) is 0.697. The number of ketones is 1. The van der Waals surface area contributed by atoms with Crippen LogP contribution in [-0.4, -0.2) is 11.5 Å². The maximum Gasteiger partial charge on any atom is 0.185 e. The molecule has 0 unspecified atom stereocenters. The van der Waals surface area contributed by atoms with Gasteiger partial charge in [-0.3, -0.25) is 4.79 Å². The normalized spacial score (nSPS) is 11.2. The quantitative estimate of drug-likeness (QED) is 0.170. The van der Waals surface area contributed by atoms with Crippen molar-refractivity contribution in [1.29, 1.82) is 0 Å². The molecule has 0 fully saturated rings. The number of benzene rings is 2. The highest BCUT2D eigenvalue weighted by molar-refractivity contribution is 7.99. The molecular weight excluding hydrogens is 360 g/mol. The van der Waals surface area contributed by atoms with E-state index in [0.29, 0.717) is 5.02 Å². The molecule has 0 heterocycles. The Bertz CT molecular complexity index is 689. The molecule has 2 aromatic carbocycles. The van der Waals surface area contributed by atoms with Gasteiger partial charge in [-0.15, -0.1) is 11.8 Å². The molecule has 138 valence electrons. The minimum atomic E-state index is 0.0208. The molecule has 0 N–H and O–H groups in total. The van der Waals surface area contributed by atoms with E-state index in [1.807, 2.05) is 66.4 Å². The van der Waals surface area contributed by atoms with Crippen LogP contribution in [-0.2, 0) is 0 Å². The van der Waals surface area contributed by atoms with Gasteiger partial charge in [0, 0.05) is 15.5 Å². The molecule has 2 aromatic rings. The third-order valence-electron chi connectivity index (χ3n) is 4.20. The summed E-state index contributed by atoms with van der Waals surface area (Å²) in [6.45, 7) is 2.25. The number of carbonyl (C=O) groups is 1. The van der Waals surface area contributed by atoms with Crippen LogP contribution in [0, 0.1) is 0 Å². The van der Waals surface area contributed by atoms with Gasteiger partial charge < -0.3 is 0 Å². The predicted molar refractivity (Wildman–Crippen MR) is 115 cm³/mol. The van der Waals surface area contributed by atoms with Crippen LogP contribution in [0.4, 0.5) is 0 Å². The van der Waals surface area contributed by atoms with E-state index in [-0.39, 0.29) is 5.78 Å². The third kappa shape index (κ3) is 7.80. The fourth-order valence-electron chi connectivity index (χ4n) is 2.63. The van der Waals surface area contributed by atoms with Crippen molar-refractivity contribution in [3.63, 3.8) is 0 Å². The van der Waals surface area contributed by atoms with Crippen LogP contribution in [0.3, 0.4) is 0 Å². The highest BCUT2D eigenvalue weighted by Crippen LogP contribution is 2.21. The number of hydrogen-bond acceptors (Lipinski definition) is 2. The van der Waals surface area contributed by atoms with Gasteiger partial charge in [-0.25, -0.2) is 0 Å². The third-order valence-corrected chi connectivity index (χ3v) is 5.55. The van der Waals surface area contributed by atoms with Gasteiger partial charge in [0.25, 0.3) is 0 Å². The first kappa shape index (κ1) is 20.8. The van der Waals surface area contributed by atoms with Crippen molar-refractivity contribution >= 4 is 35.2 Å². The zero-order valence-corrected chi connectivity index (χ0v) is 17.0. The van der Waals surface area contributed by atoms with E-state index in [9.17, 15) is 4.79 Å². The average Bonchev–Trinajstić information content (AvgIpc) is 2.67. The smallest absolute Gasteiger partial charge is 0.185 e. The van der Waals surface area contributed by atoms with E-state index >= 15 is 0 Å². The Morgan fingerprint density at radius 2 is 1.58 bits per heavy atom. The van der Waals surface area contributed by atoms with Crippen LogP contribution in [0.2, 0.25) is 5.02 Å². The first-order chi connectivity index (χ1) is 12.7. The van der Waals surface area contributed by atoms with E-state index in [1.165, 1.54) is 43.4 Å². The summed E-state index contributed by atoms with van der Waals surface area (Å²) in [5.74, 6) is 1.17. The summed E-state index contributed by atoms with van der Waals surface area (Å²) in [6, 6.07) is 15.4.